The zero-order valence-corrected chi connectivity index (χ0v) is 38.3. The van der Waals surface area contributed by atoms with Gasteiger partial charge in [0.1, 0.15) is 36.0 Å². The maximum absolute atomic E-state index is 14.6. The third-order valence-corrected chi connectivity index (χ3v) is 11.7. The molecule has 0 unspecified atom stereocenters. The lowest BCUT2D eigenvalue weighted by Crippen LogP contribution is -2.61. The van der Waals surface area contributed by atoms with Crippen molar-refractivity contribution in [3.8, 4) is 5.75 Å². The molecular weight excluding hydrogens is 867 g/mol. The molecule has 15 N–H and O–H groups in total. The Kier molecular flexibility index (Phi) is 19.0. The van der Waals surface area contributed by atoms with Crippen molar-refractivity contribution in [3.63, 3.8) is 0 Å². The van der Waals surface area contributed by atoms with E-state index in [1.807, 2.05) is 43.3 Å². The molecule has 360 valence electrons. The predicted molar refractivity (Wildman–Crippen MR) is 260 cm³/mol. The zero-order valence-electron chi connectivity index (χ0n) is 38.3. The number of amides is 6. The number of H-pyrrole nitrogens is 1. The third kappa shape index (κ3) is 15.4. The van der Waals surface area contributed by atoms with E-state index in [1.54, 1.807) is 73.8 Å². The number of aromatic nitrogens is 1. The highest BCUT2D eigenvalue weighted by atomic mass is 16.3. The molecule has 0 aliphatic heterocycles. The van der Waals surface area contributed by atoms with Gasteiger partial charge in [0, 0.05) is 49.3 Å². The number of nitrogens with zero attached hydrogens (tertiary/aromatic N) is 1. The third-order valence-electron chi connectivity index (χ3n) is 11.7. The van der Waals surface area contributed by atoms with Crippen molar-refractivity contribution in [2.24, 2.45) is 33.8 Å². The maximum Gasteiger partial charge on any atom is 0.243 e. The number of aliphatic imine (C=N–C) groups is 1. The topological polar surface area (TPSA) is 315 Å². The van der Waals surface area contributed by atoms with E-state index in [-0.39, 0.29) is 50.4 Å². The molecule has 18 nitrogen and oxygen atoms in total. The summed E-state index contributed by atoms with van der Waals surface area (Å²) in [4.78, 5) is 90.9. The molecule has 1 heterocycles. The SMILES string of the molecule is CC[C@@H](C)[C@@H](NC(=O)[C@@H](Cc1ccccc1)NC(=O)[C@H](Cc1c[nH]c2ccccc12)NC(=O)[C@@H](N)CCCN=C(N)N)C(=O)N[C@H](Cc1ccccc1)C(=O)N[C@H](Cc1ccc(O)cc1)C(N)=O. The second kappa shape index (κ2) is 25.3. The van der Waals surface area contributed by atoms with Gasteiger partial charge in [0.05, 0.1) is 6.04 Å². The standard InChI is InChI=1S/C50H63N11O7/c1-3-30(2)43(49(68)60-40(26-31-13-6-4-7-14-31)46(65)57-39(44(52)63)25-33-20-22-35(62)23-21-33)61-48(67)41(27-32-15-8-5-9-16-32)59-47(66)42(28-34-29-56-38-19-11-10-17-36(34)38)58-45(64)37(51)18-12-24-55-50(53)54/h4-11,13-17,19-23,29-30,37,39-43,56,62H,3,12,18,24-28,51H2,1-2H3,(H2,52,63)(H,57,65)(H,58,64)(H,59,66)(H,60,68)(H,61,67)(H4,53,54,55)/t30-,37+,39-,40-,41-,42+,43-/m1/s1. The molecule has 0 aliphatic carbocycles. The van der Waals surface area contributed by atoms with Crippen LogP contribution >= 0.6 is 0 Å². The molecular formula is C50H63N11O7. The van der Waals surface area contributed by atoms with Gasteiger partial charge in [-0.15, -0.1) is 0 Å². The molecule has 7 atom stereocenters. The summed E-state index contributed by atoms with van der Waals surface area (Å²) in [7, 11) is 0. The number of carbonyl (C=O) groups is 6. The van der Waals surface area contributed by atoms with Gasteiger partial charge in [-0.05, 0) is 59.2 Å². The molecule has 6 amide bonds. The Morgan fingerprint density at radius 3 is 1.66 bits per heavy atom. The number of carbonyl (C=O) groups excluding carboxylic acids is 6. The summed E-state index contributed by atoms with van der Waals surface area (Å²) in [6, 6.07) is 24.5. The molecule has 5 aromatic rings. The number of phenols is 1. The Hall–Kier alpha value is -7.73. The van der Waals surface area contributed by atoms with E-state index in [1.165, 1.54) is 12.1 Å². The number of aromatic hydroxyl groups is 1. The van der Waals surface area contributed by atoms with Crippen molar-refractivity contribution in [1.29, 1.82) is 0 Å². The first kappa shape index (κ1) is 51.3. The average Bonchev–Trinajstić information content (AvgIpc) is 3.74. The highest BCUT2D eigenvalue weighted by Crippen LogP contribution is 2.20. The molecule has 5 rings (SSSR count). The quantitative estimate of drug-likeness (QED) is 0.0228. The lowest BCUT2D eigenvalue weighted by Gasteiger charge is -2.29. The minimum atomic E-state index is -1.25. The lowest BCUT2D eigenvalue weighted by atomic mass is 9.96. The molecule has 4 aromatic carbocycles. The minimum absolute atomic E-state index is 0.0138. The van der Waals surface area contributed by atoms with E-state index in [0.29, 0.717) is 29.5 Å². The Morgan fingerprint density at radius 1 is 0.603 bits per heavy atom. The van der Waals surface area contributed by atoms with Crippen molar-refractivity contribution in [3.05, 3.63) is 138 Å². The molecule has 0 fully saturated rings. The fourth-order valence-corrected chi connectivity index (χ4v) is 7.63. The van der Waals surface area contributed by atoms with Crippen molar-refractivity contribution in [2.45, 2.75) is 95.0 Å². The number of aromatic amines is 1. The van der Waals surface area contributed by atoms with Crippen molar-refractivity contribution in [2.75, 3.05) is 6.54 Å². The Balaban J connectivity index is 1.40. The summed E-state index contributed by atoms with van der Waals surface area (Å²) >= 11 is 0. The van der Waals surface area contributed by atoms with Crippen molar-refractivity contribution < 1.29 is 33.9 Å². The minimum Gasteiger partial charge on any atom is -0.508 e. The number of hydrogen-bond acceptors (Lipinski definition) is 9. The number of hydrogen-bond donors (Lipinski definition) is 11. The smallest absolute Gasteiger partial charge is 0.243 e. The molecule has 68 heavy (non-hydrogen) atoms. The molecule has 0 spiro atoms. The first-order chi connectivity index (χ1) is 32.6. The van der Waals surface area contributed by atoms with E-state index in [4.69, 9.17) is 22.9 Å². The molecule has 0 bridgehead atoms. The van der Waals surface area contributed by atoms with Gasteiger partial charge in [0.2, 0.25) is 35.4 Å². The number of primary amides is 1. The van der Waals surface area contributed by atoms with Crippen LogP contribution in [0.15, 0.2) is 120 Å². The zero-order chi connectivity index (χ0) is 49.2. The summed E-state index contributed by atoms with van der Waals surface area (Å²) in [6.45, 7) is 3.88. The van der Waals surface area contributed by atoms with Crippen LogP contribution in [0.5, 0.6) is 5.75 Å². The number of guanidine groups is 1. The van der Waals surface area contributed by atoms with Gasteiger partial charge in [-0.1, -0.05) is 111 Å². The highest BCUT2D eigenvalue weighted by molar-refractivity contribution is 5.97. The summed E-state index contributed by atoms with van der Waals surface area (Å²) in [5, 5.41) is 24.6. The fraction of sp³-hybridized carbons (Fsp3) is 0.340. The van der Waals surface area contributed by atoms with Crippen LogP contribution in [0.3, 0.4) is 0 Å². The van der Waals surface area contributed by atoms with Gasteiger partial charge >= 0.3 is 0 Å². The summed E-state index contributed by atoms with van der Waals surface area (Å²) < 4.78 is 0. The van der Waals surface area contributed by atoms with Crippen LogP contribution in [0.25, 0.3) is 10.9 Å². The highest BCUT2D eigenvalue weighted by Gasteiger charge is 2.35. The number of para-hydroxylation sites is 1. The molecule has 0 saturated carbocycles. The van der Waals surface area contributed by atoms with Crippen LogP contribution < -0.4 is 49.5 Å². The predicted octanol–water partition coefficient (Wildman–Crippen LogP) is 1.48. The van der Waals surface area contributed by atoms with Crippen LogP contribution in [0, 0.1) is 5.92 Å². The van der Waals surface area contributed by atoms with Crippen molar-refractivity contribution in [1.82, 2.24) is 31.6 Å². The number of fused-ring (bicyclic) bond motifs is 1. The molecule has 0 aliphatic rings. The monoisotopic (exact) mass is 929 g/mol. The Bertz CT molecular complexity index is 2500. The molecule has 0 radical (unpaired) electrons. The van der Waals surface area contributed by atoms with E-state index in [0.717, 1.165) is 16.5 Å². The van der Waals surface area contributed by atoms with Gasteiger partial charge in [0.25, 0.3) is 0 Å². The van der Waals surface area contributed by atoms with Gasteiger partial charge in [-0.25, -0.2) is 0 Å². The number of nitrogens with one attached hydrogen (secondary N) is 6. The normalized spacial score (nSPS) is 14.2. The van der Waals surface area contributed by atoms with Crippen molar-refractivity contribution >= 4 is 52.3 Å². The van der Waals surface area contributed by atoms with Gasteiger partial charge < -0.3 is 59.6 Å². The van der Waals surface area contributed by atoms with E-state index < -0.39 is 77.6 Å². The van der Waals surface area contributed by atoms with Crippen LogP contribution in [0.1, 0.15) is 55.4 Å². The van der Waals surface area contributed by atoms with Crippen LogP contribution in [-0.4, -0.2) is 94.3 Å². The summed E-state index contributed by atoms with van der Waals surface area (Å²) in [5.41, 5.74) is 26.5. The summed E-state index contributed by atoms with van der Waals surface area (Å²) in [6.07, 6.45) is 2.92. The first-order valence-corrected chi connectivity index (χ1v) is 22.6. The Labute approximate surface area is 395 Å². The van der Waals surface area contributed by atoms with Crippen LogP contribution in [0.2, 0.25) is 0 Å². The van der Waals surface area contributed by atoms with Crippen LogP contribution in [-0.2, 0) is 54.5 Å². The first-order valence-electron chi connectivity index (χ1n) is 22.6. The maximum atomic E-state index is 14.6. The second-order valence-electron chi connectivity index (χ2n) is 16.9. The van der Waals surface area contributed by atoms with Gasteiger partial charge in [-0.3, -0.25) is 33.8 Å². The Morgan fingerprint density at radius 2 is 1.09 bits per heavy atom. The van der Waals surface area contributed by atoms with Gasteiger partial charge in [-0.2, -0.15) is 0 Å². The van der Waals surface area contributed by atoms with E-state index in [2.05, 4.69) is 36.6 Å². The van der Waals surface area contributed by atoms with E-state index >= 15 is 0 Å². The molecule has 0 saturated heterocycles. The second-order valence-corrected chi connectivity index (χ2v) is 16.9. The molecule has 1 aromatic heterocycles. The largest absolute Gasteiger partial charge is 0.508 e. The number of rotatable bonds is 25. The lowest BCUT2D eigenvalue weighted by molar-refractivity contribution is -0.135. The fourth-order valence-electron chi connectivity index (χ4n) is 7.63. The van der Waals surface area contributed by atoms with E-state index in [9.17, 15) is 33.9 Å². The van der Waals surface area contributed by atoms with Gasteiger partial charge in [0.15, 0.2) is 5.96 Å². The number of nitrogens with two attached hydrogens (primary N) is 4. The number of phenolic OH excluding ortho intramolecular Hbond substituents is 1. The molecule has 18 heteroatoms. The average molecular weight is 930 g/mol. The van der Waals surface area contributed by atoms with Crippen LogP contribution in [0.4, 0.5) is 0 Å². The summed E-state index contributed by atoms with van der Waals surface area (Å²) in [5.74, 6) is -4.66. The number of benzene rings is 4.